The van der Waals surface area contributed by atoms with Crippen LogP contribution in [-0.2, 0) is 6.42 Å². The Kier molecular flexibility index (Phi) is 3.49. The van der Waals surface area contributed by atoms with E-state index in [9.17, 15) is 5.11 Å². The maximum atomic E-state index is 10.7. The van der Waals surface area contributed by atoms with Gasteiger partial charge in [-0.3, -0.25) is 0 Å². The first-order valence-corrected chi connectivity index (χ1v) is 6.85. The van der Waals surface area contributed by atoms with Gasteiger partial charge in [-0.25, -0.2) is 0 Å². The first-order chi connectivity index (χ1) is 8.30. The fourth-order valence-electron chi connectivity index (χ4n) is 2.97. The number of aliphatic hydroxyl groups is 1. The summed E-state index contributed by atoms with van der Waals surface area (Å²) in [6.07, 6.45) is 4.36. The summed E-state index contributed by atoms with van der Waals surface area (Å²) in [6, 6.07) is 0. The van der Waals surface area contributed by atoms with Gasteiger partial charge < -0.3 is 9.63 Å². The largest absolute Gasteiger partial charge is 0.389 e. The molecule has 18 heavy (non-hydrogen) atoms. The van der Waals surface area contributed by atoms with Crippen molar-refractivity contribution in [2.45, 2.75) is 71.3 Å². The molecule has 102 valence electrons. The molecule has 0 spiro atoms. The van der Waals surface area contributed by atoms with E-state index in [4.69, 9.17) is 4.52 Å². The molecule has 0 aliphatic heterocycles. The highest BCUT2D eigenvalue weighted by molar-refractivity contribution is 4.99. The predicted molar refractivity (Wildman–Crippen MR) is 69.3 cm³/mol. The third-order valence-electron chi connectivity index (χ3n) is 3.78. The van der Waals surface area contributed by atoms with E-state index in [0.717, 1.165) is 25.1 Å². The third kappa shape index (κ3) is 3.10. The fraction of sp³-hybridized carbons (Fsp3) is 0.857. The van der Waals surface area contributed by atoms with Crippen LogP contribution in [0.15, 0.2) is 4.52 Å². The third-order valence-corrected chi connectivity index (χ3v) is 3.78. The van der Waals surface area contributed by atoms with Crippen molar-refractivity contribution in [2.24, 2.45) is 5.41 Å². The minimum Gasteiger partial charge on any atom is -0.389 e. The van der Waals surface area contributed by atoms with Crippen LogP contribution in [0, 0.1) is 5.41 Å². The SMILES string of the molecule is CC(C)c1noc(C[C@]2(O)CCCC(C)(C)C2)n1. The van der Waals surface area contributed by atoms with Crippen LogP contribution in [0.1, 0.15) is 71.0 Å². The fourth-order valence-corrected chi connectivity index (χ4v) is 2.97. The van der Waals surface area contributed by atoms with Gasteiger partial charge in [-0.1, -0.05) is 39.3 Å². The molecule has 1 heterocycles. The van der Waals surface area contributed by atoms with E-state index in [0.29, 0.717) is 12.3 Å². The van der Waals surface area contributed by atoms with Gasteiger partial charge in [0.05, 0.1) is 12.0 Å². The lowest BCUT2D eigenvalue weighted by atomic mass is 9.69. The van der Waals surface area contributed by atoms with Crippen LogP contribution in [-0.4, -0.2) is 20.8 Å². The number of hydrogen-bond donors (Lipinski definition) is 1. The molecule has 0 bridgehead atoms. The molecule has 1 aromatic heterocycles. The zero-order valence-electron chi connectivity index (χ0n) is 11.9. The van der Waals surface area contributed by atoms with Crippen molar-refractivity contribution < 1.29 is 9.63 Å². The Hall–Kier alpha value is -0.900. The van der Waals surface area contributed by atoms with Crippen molar-refractivity contribution in [3.8, 4) is 0 Å². The van der Waals surface area contributed by atoms with E-state index < -0.39 is 5.60 Å². The zero-order chi connectivity index (χ0) is 13.4. The van der Waals surface area contributed by atoms with Gasteiger partial charge in [0.25, 0.3) is 0 Å². The average molecular weight is 252 g/mol. The molecule has 1 fully saturated rings. The van der Waals surface area contributed by atoms with Crippen LogP contribution in [0.3, 0.4) is 0 Å². The Morgan fingerprint density at radius 1 is 1.33 bits per heavy atom. The van der Waals surface area contributed by atoms with E-state index in [2.05, 4.69) is 24.0 Å². The Morgan fingerprint density at radius 3 is 2.61 bits per heavy atom. The number of aromatic nitrogens is 2. The summed E-state index contributed by atoms with van der Waals surface area (Å²) in [5.41, 5.74) is -0.476. The topological polar surface area (TPSA) is 59.2 Å². The molecule has 1 atom stereocenters. The summed E-state index contributed by atoms with van der Waals surface area (Å²) >= 11 is 0. The molecule has 4 heteroatoms. The molecule has 0 saturated heterocycles. The maximum absolute atomic E-state index is 10.7. The second kappa shape index (κ2) is 4.65. The van der Waals surface area contributed by atoms with Crippen molar-refractivity contribution in [1.82, 2.24) is 10.1 Å². The van der Waals surface area contributed by atoms with Gasteiger partial charge in [-0.15, -0.1) is 0 Å². The van der Waals surface area contributed by atoms with Gasteiger partial charge in [0, 0.05) is 5.92 Å². The van der Waals surface area contributed by atoms with E-state index in [1.807, 2.05) is 13.8 Å². The van der Waals surface area contributed by atoms with Crippen LogP contribution >= 0.6 is 0 Å². The normalized spacial score (nSPS) is 27.7. The van der Waals surface area contributed by atoms with E-state index >= 15 is 0 Å². The van der Waals surface area contributed by atoms with Crippen molar-refractivity contribution in [1.29, 1.82) is 0 Å². The Bertz CT molecular complexity index is 412. The predicted octanol–water partition coefficient (Wildman–Crippen LogP) is 3.07. The highest BCUT2D eigenvalue weighted by Gasteiger charge is 2.39. The summed E-state index contributed by atoms with van der Waals surface area (Å²) < 4.78 is 5.24. The van der Waals surface area contributed by atoms with Gasteiger partial charge in [-0.05, 0) is 24.7 Å². The molecule has 4 nitrogen and oxygen atoms in total. The molecule has 1 aliphatic carbocycles. The van der Waals surface area contributed by atoms with E-state index in [-0.39, 0.29) is 11.3 Å². The second-order valence-electron chi connectivity index (χ2n) is 6.80. The van der Waals surface area contributed by atoms with Crippen LogP contribution in [0.25, 0.3) is 0 Å². The highest BCUT2D eigenvalue weighted by atomic mass is 16.5. The molecule has 1 aliphatic rings. The van der Waals surface area contributed by atoms with Crippen molar-refractivity contribution in [3.63, 3.8) is 0 Å². The van der Waals surface area contributed by atoms with E-state index in [1.165, 1.54) is 6.42 Å². The van der Waals surface area contributed by atoms with Crippen molar-refractivity contribution in [2.75, 3.05) is 0 Å². The molecular weight excluding hydrogens is 228 g/mol. The molecule has 0 radical (unpaired) electrons. The van der Waals surface area contributed by atoms with Gasteiger partial charge in [-0.2, -0.15) is 4.98 Å². The lowest BCUT2D eigenvalue weighted by molar-refractivity contribution is -0.0429. The number of nitrogens with zero attached hydrogens (tertiary/aromatic N) is 2. The molecule has 0 aromatic carbocycles. The molecule has 1 saturated carbocycles. The van der Waals surface area contributed by atoms with Gasteiger partial charge >= 0.3 is 0 Å². The first kappa shape index (κ1) is 13.5. The molecule has 2 rings (SSSR count). The lowest BCUT2D eigenvalue weighted by Gasteiger charge is -2.40. The average Bonchev–Trinajstić information content (AvgIpc) is 2.63. The van der Waals surface area contributed by atoms with E-state index in [1.54, 1.807) is 0 Å². The van der Waals surface area contributed by atoms with Crippen LogP contribution in [0.5, 0.6) is 0 Å². The van der Waals surface area contributed by atoms with Crippen LogP contribution < -0.4 is 0 Å². The van der Waals surface area contributed by atoms with Crippen LogP contribution in [0.4, 0.5) is 0 Å². The monoisotopic (exact) mass is 252 g/mol. The standard InChI is InChI=1S/C14H24N2O2/c1-10(2)12-15-11(18-16-12)8-14(17)7-5-6-13(3,4)9-14/h10,17H,5-9H2,1-4H3/t14-/m1/s1. The molecule has 0 amide bonds. The summed E-state index contributed by atoms with van der Waals surface area (Å²) in [7, 11) is 0. The molecule has 1 aromatic rings. The molecule has 1 N–H and O–H groups in total. The summed E-state index contributed by atoms with van der Waals surface area (Å²) in [6.45, 7) is 8.50. The van der Waals surface area contributed by atoms with Crippen LogP contribution in [0.2, 0.25) is 0 Å². The minimum atomic E-state index is -0.678. The van der Waals surface area contributed by atoms with Crippen molar-refractivity contribution in [3.05, 3.63) is 11.7 Å². The quantitative estimate of drug-likeness (QED) is 0.898. The molecule has 0 unspecified atom stereocenters. The first-order valence-electron chi connectivity index (χ1n) is 6.85. The Balaban J connectivity index is 2.07. The lowest BCUT2D eigenvalue weighted by Crippen LogP contribution is -2.40. The second-order valence-corrected chi connectivity index (χ2v) is 6.80. The molecular formula is C14H24N2O2. The van der Waals surface area contributed by atoms with Gasteiger partial charge in [0.2, 0.25) is 5.89 Å². The Morgan fingerprint density at radius 2 is 2.06 bits per heavy atom. The van der Waals surface area contributed by atoms with Gasteiger partial charge in [0.15, 0.2) is 5.82 Å². The highest BCUT2D eigenvalue weighted by Crippen LogP contribution is 2.42. The smallest absolute Gasteiger partial charge is 0.229 e. The summed E-state index contributed by atoms with van der Waals surface area (Å²) in [5, 5.41) is 14.6. The maximum Gasteiger partial charge on any atom is 0.229 e. The number of hydrogen-bond acceptors (Lipinski definition) is 4. The summed E-state index contributed by atoms with van der Waals surface area (Å²) in [5.74, 6) is 1.56. The summed E-state index contributed by atoms with van der Waals surface area (Å²) in [4.78, 5) is 4.36. The van der Waals surface area contributed by atoms with Crippen molar-refractivity contribution >= 4 is 0 Å². The minimum absolute atomic E-state index is 0.202. The number of rotatable bonds is 3. The zero-order valence-corrected chi connectivity index (χ0v) is 11.9. The van der Waals surface area contributed by atoms with Gasteiger partial charge in [0.1, 0.15) is 0 Å². The Labute approximate surface area is 109 Å².